The van der Waals surface area contributed by atoms with Crippen LogP contribution in [0.25, 0.3) is 10.8 Å². The Hall–Kier alpha value is -2.98. The SMILES string of the molecule is Nc1c(S(=O)(=O)O)cc2c3c(cccc13)C(=O)N(CCC(=O)O)C2=O. The zero-order chi connectivity index (χ0) is 18.5. The average molecular weight is 364 g/mol. The van der Waals surface area contributed by atoms with Gasteiger partial charge in [-0.15, -0.1) is 0 Å². The number of carboxylic acid groups (broad SMARTS) is 1. The first kappa shape index (κ1) is 16.9. The summed E-state index contributed by atoms with van der Waals surface area (Å²) in [5.74, 6) is -2.73. The summed E-state index contributed by atoms with van der Waals surface area (Å²) in [5, 5.41) is 9.09. The van der Waals surface area contributed by atoms with Gasteiger partial charge in [-0.3, -0.25) is 23.8 Å². The van der Waals surface area contributed by atoms with E-state index in [9.17, 15) is 27.4 Å². The Kier molecular flexibility index (Phi) is 3.73. The van der Waals surface area contributed by atoms with Crippen molar-refractivity contribution >= 4 is 44.4 Å². The van der Waals surface area contributed by atoms with E-state index in [1.807, 2.05) is 0 Å². The lowest BCUT2D eigenvalue weighted by molar-refractivity contribution is -0.137. The minimum absolute atomic E-state index is 0.103. The summed E-state index contributed by atoms with van der Waals surface area (Å²) in [5.41, 5.74) is 5.48. The number of rotatable bonds is 4. The van der Waals surface area contributed by atoms with E-state index < -0.39 is 39.2 Å². The van der Waals surface area contributed by atoms with Gasteiger partial charge in [-0.1, -0.05) is 12.1 Å². The Morgan fingerprint density at radius 1 is 1.16 bits per heavy atom. The van der Waals surface area contributed by atoms with Crippen molar-refractivity contribution in [2.75, 3.05) is 12.3 Å². The summed E-state index contributed by atoms with van der Waals surface area (Å²) in [7, 11) is -4.70. The smallest absolute Gasteiger partial charge is 0.305 e. The van der Waals surface area contributed by atoms with Crippen molar-refractivity contribution in [3.05, 3.63) is 35.4 Å². The van der Waals surface area contributed by atoms with Gasteiger partial charge in [0, 0.05) is 22.9 Å². The lowest BCUT2D eigenvalue weighted by Gasteiger charge is -2.27. The van der Waals surface area contributed by atoms with Gasteiger partial charge < -0.3 is 10.8 Å². The number of carbonyl (C=O) groups is 3. The molecule has 0 fully saturated rings. The van der Waals surface area contributed by atoms with Crippen molar-refractivity contribution in [3.63, 3.8) is 0 Å². The Balaban J connectivity index is 2.31. The fraction of sp³-hybridized carbons (Fsp3) is 0.133. The molecule has 1 aliphatic heterocycles. The molecule has 1 aliphatic rings. The molecular formula is C15H12N2O7S. The van der Waals surface area contributed by atoms with Crippen molar-refractivity contribution in [2.45, 2.75) is 11.3 Å². The van der Waals surface area contributed by atoms with Crippen LogP contribution in [0.5, 0.6) is 0 Å². The number of carbonyl (C=O) groups excluding carboxylic acids is 2. The van der Waals surface area contributed by atoms with Crippen molar-refractivity contribution in [2.24, 2.45) is 0 Å². The molecule has 0 aromatic heterocycles. The van der Waals surface area contributed by atoms with Crippen LogP contribution in [0.4, 0.5) is 5.69 Å². The maximum atomic E-state index is 12.6. The molecule has 10 heteroatoms. The number of nitrogens with two attached hydrogens (primary N) is 1. The zero-order valence-electron chi connectivity index (χ0n) is 12.6. The summed E-state index contributed by atoms with van der Waals surface area (Å²) in [6.07, 6.45) is -0.455. The third-order valence-electron chi connectivity index (χ3n) is 3.94. The number of benzene rings is 2. The molecule has 9 nitrogen and oxygen atoms in total. The maximum absolute atomic E-state index is 12.6. The van der Waals surface area contributed by atoms with Gasteiger partial charge in [-0.25, -0.2) is 0 Å². The molecule has 0 atom stereocenters. The number of imide groups is 1. The van der Waals surface area contributed by atoms with Gasteiger partial charge in [-0.2, -0.15) is 8.42 Å². The van der Waals surface area contributed by atoms with Crippen LogP contribution in [0.3, 0.4) is 0 Å². The van der Waals surface area contributed by atoms with Crippen LogP contribution in [0.2, 0.25) is 0 Å². The first-order valence-electron chi connectivity index (χ1n) is 7.03. The van der Waals surface area contributed by atoms with E-state index in [1.54, 1.807) is 0 Å². The number of nitrogens with zero attached hydrogens (tertiary/aromatic N) is 1. The summed E-state index contributed by atoms with van der Waals surface area (Å²) in [4.78, 5) is 36.0. The predicted octanol–water partition coefficient (Wildman–Crippen LogP) is 0.739. The first-order valence-corrected chi connectivity index (χ1v) is 8.47. The monoisotopic (exact) mass is 364 g/mol. The van der Waals surface area contributed by atoms with Crippen LogP contribution >= 0.6 is 0 Å². The summed E-state index contributed by atoms with van der Waals surface area (Å²) >= 11 is 0. The van der Waals surface area contributed by atoms with Crippen LogP contribution < -0.4 is 5.73 Å². The van der Waals surface area contributed by atoms with Gasteiger partial charge in [0.1, 0.15) is 4.90 Å². The highest BCUT2D eigenvalue weighted by atomic mass is 32.2. The highest BCUT2D eigenvalue weighted by molar-refractivity contribution is 7.86. The standard InChI is InChI=1S/C15H12N2O7S/c16-13-7-2-1-3-8-12(7)9(6-10(13)25(22,23)24)15(21)17(14(8)20)5-4-11(18)19/h1-3,6H,4-5,16H2,(H,18,19)(H,22,23,24). The summed E-state index contributed by atoms with van der Waals surface area (Å²) in [6.45, 7) is -0.367. The molecule has 1 heterocycles. The van der Waals surface area contributed by atoms with Gasteiger partial charge in [0.05, 0.1) is 17.7 Å². The van der Waals surface area contributed by atoms with Crippen LogP contribution in [-0.2, 0) is 14.9 Å². The Labute approximate surface area is 141 Å². The number of carboxylic acids is 1. The molecule has 130 valence electrons. The molecule has 0 bridgehead atoms. The molecule has 2 aromatic carbocycles. The van der Waals surface area contributed by atoms with Crippen molar-refractivity contribution < 1.29 is 32.5 Å². The van der Waals surface area contributed by atoms with Crippen molar-refractivity contribution in [1.82, 2.24) is 4.90 Å². The molecule has 2 aromatic rings. The average Bonchev–Trinajstić information content (AvgIpc) is 2.52. The molecule has 0 saturated heterocycles. The molecule has 0 saturated carbocycles. The predicted molar refractivity (Wildman–Crippen MR) is 85.8 cm³/mol. The second-order valence-corrected chi connectivity index (χ2v) is 6.83. The van der Waals surface area contributed by atoms with Crippen LogP contribution in [-0.4, -0.2) is 47.3 Å². The second-order valence-electron chi connectivity index (χ2n) is 5.44. The first-order chi connectivity index (χ1) is 11.6. The van der Waals surface area contributed by atoms with E-state index >= 15 is 0 Å². The van der Waals surface area contributed by atoms with E-state index in [-0.39, 0.29) is 34.1 Å². The van der Waals surface area contributed by atoms with E-state index in [2.05, 4.69) is 0 Å². The molecule has 3 rings (SSSR count). The quantitative estimate of drug-likeness (QED) is 0.407. The van der Waals surface area contributed by atoms with E-state index in [0.29, 0.717) is 0 Å². The van der Waals surface area contributed by atoms with Crippen LogP contribution in [0.1, 0.15) is 27.1 Å². The molecule has 4 N–H and O–H groups in total. The Bertz CT molecular complexity index is 1060. The van der Waals surface area contributed by atoms with Gasteiger partial charge in [0.15, 0.2) is 0 Å². The fourth-order valence-electron chi connectivity index (χ4n) is 2.83. The number of anilines is 1. The largest absolute Gasteiger partial charge is 0.481 e. The van der Waals surface area contributed by atoms with Gasteiger partial charge in [0.2, 0.25) is 0 Å². The third kappa shape index (κ3) is 2.61. The number of amides is 2. The highest BCUT2D eigenvalue weighted by Crippen LogP contribution is 2.37. The topological polar surface area (TPSA) is 155 Å². The van der Waals surface area contributed by atoms with Gasteiger partial charge in [-0.05, 0) is 12.1 Å². The third-order valence-corrected chi connectivity index (χ3v) is 4.84. The van der Waals surface area contributed by atoms with E-state index in [1.165, 1.54) is 18.2 Å². The van der Waals surface area contributed by atoms with Crippen molar-refractivity contribution in [1.29, 1.82) is 0 Å². The fourth-order valence-corrected chi connectivity index (χ4v) is 3.49. The Morgan fingerprint density at radius 2 is 1.80 bits per heavy atom. The summed E-state index contributed by atoms with van der Waals surface area (Å²) in [6, 6.07) is 5.22. The summed E-state index contributed by atoms with van der Waals surface area (Å²) < 4.78 is 32.4. The molecule has 25 heavy (non-hydrogen) atoms. The Morgan fingerprint density at radius 3 is 2.40 bits per heavy atom. The minimum atomic E-state index is -4.70. The van der Waals surface area contributed by atoms with Crippen LogP contribution in [0.15, 0.2) is 29.2 Å². The molecule has 0 spiro atoms. The highest BCUT2D eigenvalue weighted by Gasteiger charge is 2.35. The molecule has 0 radical (unpaired) electrons. The number of hydrogen-bond acceptors (Lipinski definition) is 6. The number of nitrogen functional groups attached to an aromatic ring is 1. The lowest BCUT2D eigenvalue weighted by Crippen LogP contribution is -2.41. The van der Waals surface area contributed by atoms with Crippen LogP contribution in [0, 0.1) is 0 Å². The molecular weight excluding hydrogens is 352 g/mol. The zero-order valence-corrected chi connectivity index (χ0v) is 13.4. The number of hydrogen-bond donors (Lipinski definition) is 3. The van der Waals surface area contributed by atoms with E-state index in [0.717, 1.165) is 11.0 Å². The van der Waals surface area contributed by atoms with E-state index in [4.69, 9.17) is 10.8 Å². The van der Waals surface area contributed by atoms with Gasteiger partial charge in [0.25, 0.3) is 21.9 Å². The molecule has 0 aliphatic carbocycles. The molecule has 2 amide bonds. The molecule has 0 unspecified atom stereocenters. The number of aliphatic carboxylic acids is 1. The maximum Gasteiger partial charge on any atom is 0.305 e. The van der Waals surface area contributed by atoms with Gasteiger partial charge >= 0.3 is 5.97 Å². The second kappa shape index (κ2) is 5.53. The van der Waals surface area contributed by atoms with Crippen molar-refractivity contribution in [3.8, 4) is 0 Å². The normalized spacial score (nSPS) is 14.2. The minimum Gasteiger partial charge on any atom is -0.481 e. The lowest BCUT2D eigenvalue weighted by atomic mass is 9.93.